The largest absolute Gasteiger partial charge is 0.446 e. The van der Waals surface area contributed by atoms with Crippen molar-refractivity contribution in [3.63, 3.8) is 0 Å². The smallest absolute Gasteiger partial charge is 0.410 e. The molecular formula is C24H42N4O10S. The molecule has 15 heteroatoms. The summed E-state index contributed by atoms with van der Waals surface area (Å²) in [6.07, 6.45) is -0.759. The van der Waals surface area contributed by atoms with Gasteiger partial charge in [-0.15, -0.1) is 0 Å². The van der Waals surface area contributed by atoms with Crippen molar-refractivity contribution < 1.29 is 46.7 Å². The molecule has 0 saturated carbocycles. The molecule has 39 heavy (non-hydrogen) atoms. The molecule has 2 aliphatic heterocycles. The molecule has 0 radical (unpaired) electrons. The molecular weight excluding hydrogens is 536 g/mol. The summed E-state index contributed by atoms with van der Waals surface area (Å²) < 4.78 is 43.4. The fourth-order valence-corrected chi connectivity index (χ4v) is 5.02. The van der Waals surface area contributed by atoms with E-state index >= 15 is 0 Å². The average Bonchev–Trinajstić information content (AvgIpc) is 3.20. The fraction of sp³-hybridized carbons (Fsp3) is 0.833. The molecule has 4 amide bonds. The van der Waals surface area contributed by atoms with Crippen LogP contribution in [-0.2, 0) is 29.2 Å². The molecule has 0 aromatic heterocycles. The third kappa shape index (κ3) is 10.8. The standard InChI is InChI=1S/C24H42N4O10S/c1-14(2)12-17(20(30)26-18(21(31)39(34,35)36)13-15-6-9-25-19(15)29)27-22(32)37-16-7-10-28(11-8-16)23(33)38-24(3,4)5/h14-18,21,31H,6-13H2,1-5H3,(H,25,29)(H,26,30)(H,27,32)(H,34,35,36)/t15-,17-,18-,21?/m0/s1. The number of hydrogen-bond acceptors (Lipinski definition) is 9. The van der Waals surface area contributed by atoms with E-state index in [2.05, 4.69) is 16.0 Å². The first-order valence-corrected chi connectivity index (χ1v) is 14.6. The lowest BCUT2D eigenvalue weighted by atomic mass is 9.97. The van der Waals surface area contributed by atoms with Crippen LogP contribution in [0.5, 0.6) is 0 Å². The van der Waals surface area contributed by atoms with E-state index in [1.165, 1.54) is 4.90 Å². The Bertz CT molecular complexity index is 989. The van der Waals surface area contributed by atoms with Gasteiger partial charge in [0.25, 0.3) is 10.1 Å². The van der Waals surface area contributed by atoms with Gasteiger partial charge in [0.2, 0.25) is 17.3 Å². The number of ether oxygens (including phenoxy) is 2. The van der Waals surface area contributed by atoms with Crippen molar-refractivity contribution in [2.75, 3.05) is 19.6 Å². The topological polar surface area (TPSA) is 201 Å². The van der Waals surface area contributed by atoms with Crippen molar-refractivity contribution in [2.45, 2.75) is 95.9 Å². The molecule has 0 spiro atoms. The van der Waals surface area contributed by atoms with Gasteiger partial charge in [0.15, 0.2) is 0 Å². The normalized spacial score (nSPS) is 21.1. The lowest BCUT2D eigenvalue weighted by Crippen LogP contribution is -2.55. The maximum atomic E-state index is 13.1. The summed E-state index contributed by atoms with van der Waals surface area (Å²) in [5.41, 5.74) is -2.99. The summed E-state index contributed by atoms with van der Waals surface area (Å²) in [6.45, 7) is 9.95. The van der Waals surface area contributed by atoms with E-state index in [4.69, 9.17) is 9.47 Å². The monoisotopic (exact) mass is 578 g/mol. The summed E-state index contributed by atoms with van der Waals surface area (Å²) in [7, 11) is -4.96. The Balaban J connectivity index is 2.00. The molecule has 5 N–H and O–H groups in total. The highest BCUT2D eigenvalue weighted by atomic mass is 32.2. The minimum atomic E-state index is -4.96. The van der Waals surface area contributed by atoms with Crippen LogP contribution in [0.3, 0.4) is 0 Å². The van der Waals surface area contributed by atoms with Gasteiger partial charge < -0.3 is 35.4 Å². The van der Waals surface area contributed by atoms with E-state index in [-0.39, 0.29) is 24.7 Å². The Morgan fingerprint density at radius 2 is 1.74 bits per heavy atom. The number of aliphatic hydroxyl groups excluding tert-OH is 1. The van der Waals surface area contributed by atoms with Crippen molar-refractivity contribution in [2.24, 2.45) is 11.8 Å². The van der Waals surface area contributed by atoms with E-state index in [0.717, 1.165) is 0 Å². The van der Waals surface area contributed by atoms with Gasteiger partial charge in [-0.2, -0.15) is 8.42 Å². The van der Waals surface area contributed by atoms with Gasteiger partial charge in [0.1, 0.15) is 17.7 Å². The Kier molecular flexibility index (Phi) is 11.4. The molecule has 2 saturated heterocycles. The number of carbonyl (C=O) groups excluding carboxylic acids is 4. The number of likely N-dealkylation sites (tertiary alicyclic amines) is 1. The molecule has 0 aromatic rings. The zero-order valence-corrected chi connectivity index (χ0v) is 24.0. The zero-order chi connectivity index (χ0) is 29.5. The lowest BCUT2D eigenvalue weighted by Gasteiger charge is -2.33. The maximum absolute atomic E-state index is 13.1. The van der Waals surface area contributed by atoms with E-state index in [1.807, 2.05) is 13.8 Å². The molecule has 4 atom stereocenters. The zero-order valence-electron chi connectivity index (χ0n) is 23.1. The van der Waals surface area contributed by atoms with Crippen LogP contribution < -0.4 is 16.0 Å². The van der Waals surface area contributed by atoms with Crippen LogP contribution in [0.4, 0.5) is 9.59 Å². The third-order valence-electron chi connectivity index (χ3n) is 6.36. The van der Waals surface area contributed by atoms with Crippen LogP contribution in [-0.4, -0.2) is 95.8 Å². The second kappa shape index (κ2) is 13.6. The average molecular weight is 579 g/mol. The number of amides is 4. The molecule has 1 unspecified atom stereocenters. The number of piperidine rings is 1. The predicted octanol–water partition coefficient (Wildman–Crippen LogP) is 0.744. The molecule has 0 aliphatic carbocycles. The summed E-state index contributed by atoms with van der Waals surface area (Å²) >= 11 is 0. The van der Waals surface area contributed by atoms with E-state index in [1.54, 1.807) is 20.8 Å². The highest BCUT2D eigenvalue weighted by molar-refractivity contribution is 7.86. The van der Waals surface area contributed by atoms with Gasteiger partial charge >= 0.3 is 12.2 Å². The third-order valence-corrected chi connectivity index (χ3v) is 7.30. The minimum absolute atomic E-state index is 0.0660. The second-order valence-electron chi connectivity index (χ2n) is 11.4. The molecule has 14 nitrogen and oxygen atoms in total. The Hall–Kier alpha value is -2.65. The summed E-state index contributed by atoms with van der Waals surface area (Å²) in [4.78, 5) is 51.5. The number of nitrogens with zero attached hydrogens (tertiary/aromatic N) is 1. The molecule has 2 aliphatic rings. The predicted molar refractivity (Wildman–Crippen MR) is 139 cm³/mol. The number of hydrogen-bond donors (Lipinski definition) is 5. The minimum Gasteiger partial charge on any atom is -0.446 e. The Labute approximate surface area is 229 Å². The lowest BCUT2D eigenvalue weighted by molar-refractivity contribution is -0.126. The van der Waals surface area contributed by atoms with Crippen molar-refractivity contribution in [1.29, 1.82) is 0 Å². The SMILES string of the molecule is CC(C)C[C@H](NC(=O)OC1CCN(C(=O)OC(C)(C)C)CC1)C(=O)N[C@@H](C[C@@H]1CCNC1=O)C(O)S(=O)(=O)O. The van der Waals surface area contributed by atoms with Crippen LogP contribution in [0, 0.1) is 11.8 Å². The van der Waals surface area contributed by atoms with Gasteiger partial charge in [-0.3, -0.25) is 14.1 Å². The first-order chi connectivity index (χ1) is 18.0. The first-order valence-electron chi connectivity index (χ1n) is 13.1. The van der Waals surface area contributed by atoms with Crippen molar-refractivity contribution >= 4 is 34.1 Å². The molecule has 2 heterocycles. The van der Waals surface area contributed by atoms with Gasteiger partial charge in [-0.05, 0) is 46.0 Å². The van der Waals surface area contributed by atoms with Crippen LogP contribution in [0.2, 0.25) is 0 Å². The number of nitrogens with one attached hydrogen (secondary N) is 3. The summed E-state index contributed by atoms with van der Waals surface area (Å²) in [5, 5.41) is 17.7. The van der Waals surface area contributed by atoms with E-state index in [9.17, 15) is 37.3 Å². The van der Waals surface area contributed by atoms with Crippen LogP contribution in [0.1, 0.15) is 66.7 Å². The highest BCUT2D eigenvalue weighted by Crippen LogP contribution is 2.21. The first kappa shape index (κ1) is 32.6. The number of carbonyl (C=O) groups is 4. The highest BCUT2D eigenvalue weighted by Gasteiger charge is 2.38. The molecule has 224 valence electrons. The number of rotatable bonds is 10. The van der Waals surface area contributed by atoms with Crippen LogP contribution in [0.25, 0.3) is 0 Å². The Morgan fingerprint density at radius 1 is 1.13 bits per heavy atom. The van der Waals surface area contributed by atoms with E-state index < -0.39 is 63.4 Å². The molecule has 0 bridgehead atoms. The molecule has 2 fully saturated rings. The van der Waals surface area contributed by atoms with Crippen LogP contribution in [0.15, 0.2) is 0 Å². The maximum Gasteiger partial charge on any atom is 0.410 e. The van der Waals surface area contributed by atoms with Crippen molar-refractivity contribution in [3.8, 4) is 0 Å². The molecule has 2 rings (SSSR count). The van der Waals surface area contributed by atoms with Crippen molar-refractivity contribution in [3.05, 3.63) is 0 Å². The van der Waals surface area contributed by atoms with Crippen LogP contribution >= 0.6 is 0 Å². The van der Waals surface area contributed by atoms with Gasteiger partial charge in [0.05, 0.1) is 6.04 Å². The molecule has 0 aromatic carbocycles. The second-order valence-corrected chi connectivity index (χ2v) is 12.9. The van der Waals surface area contributed by atoms with Gasteiger partial charge in [0, 0.05) is 38.4 Å². The quantitative estimate of drug-likeness (QED) is 0.230. The fourth-order valence-electron chi connectivity index (χ4n) is 4.43. The van der Waals surface area contributed by atoms with Gasteiger partial charge in [-0.25, -0.2) is 9.59 Å². The number of alkyl carbamates (subject to hydrolysis) is 1. The Morgan fingerprint density at radius 3 is 2.23 bits per heavy atom. The van der Waals surface area contributed by atoms with Gasteiger partial charge in [-0.1, -0.05) is 13.8 Å². The number of aliphatic hydroxyl groups is 1. The van der Waals surface area contributed by atoms with E-state index in [0.29, 0.717) is 38.9 Å². The summed E-state index contributed by atoms with van der Waals surface area (Å²) in [6, 6.07) is -2.64. The summed E-state index contributed by atoms with van der Waals surface area (Å²) in [5.74, 6) is -1.88. The van der Waals surface area contributed by atoms with Crippen molar-refractivity contribution in [1.82, 2.24) is 20.9 Å².